The molecule has 0 saturated carbocycles. The molecule has 4 aromatic rings. The van der Waals surface area contributed by atoms with Crippen LogP contribution in [0.25, 0.3) is 26.5 Å². The van der Waals surface area contributed by atoms with Crippen molar-refractivity contribution in [1.82, 2.24) is 14.8 Å². The van der Waals surface area contributed by atoms with Gasteiger partial charge in [-0.2, -0.15) is 9.78 Å². The second-order valence-electron chi connectivity index (χ2n) is 5.82. The van der Waals surface area contributed by atoms with Crippen molar-refractivity contribution in [2.75, 3.05) is 0 Å². The number of hydrogen-bond donors (Lipinski definition) is 1. The number of aryl methyl sites for hydroxylation is 2. The zero-order chi connectivity index (χ0) is 16.3. The van der Waals surface area contributed by atoms with Gasteiger partial charge in [-0.25, -0.2) is 9.37 Å². The van der Waals surface area contributed by atoms with Gasteiger partial charge >= 0.3 is 0 Å². The molecule has 0 atom stereocenters. The molecule has 24 heavy (non-hydrogen) atoms. The van der Waals surface area contributed by atoms with E-state index >= 15 is 0 Å². The van der Waals surface area contributed by atoms with Crippen LogP contribution in [-0.2, 0) is 12.8 Å². The lowest BCUT2D eigenvalue weighted by Gasteiger charge is -2.14. The fourth-order valence-corrected chi connectivity index (χ4v) is 4.19. The van der Waals surface area contributed by atoms with Gasteiger partial charge < -0.3 is 5.11 Å². The Bertz CT molecular complexity index is 1100. The highest BCUT2D eigenvalue weighted by Crippen LogP contribution is 2.41. The van der Waals surface area contributed by atoms with E-state index in [0.717, 1.165) is 34.4 Å². The maximum atomic E-state index is 13.4. The van der Waals surface area contributed by atoms with Crippen LogP contribution in [0.4, 0.5) is 4.39 Å². The second-order valence-corrected chi connectivity index (χ2v) is 6.83. The highest BCUT2D eigenvalue weighted by molar-refractivity contribution is 7.20. The smallest absolute Gasteiger partial charge is 0.224 e. The molecule has 118 valence electrons. The number of hydrogen-bond acceptors (Lipinski definition) is 4. The molecule has 0 aliphatic heterocycles. The summed E-state index contributed by atoms with van der Waals surface area (Å²) in [6.45, 7) is 0. The first kappa shape index (κ1) is 13.7. The summed E-state index contributed by atoms with van der Waals surface area (Å²) in [6, 6.07) is 12.5. The van der Waals surface area contributed by atoms with Gasteiger partial charge in [0, 0.05) is 0 Å². The number of thiazole rings is 1. The van der Waals surface area contributed by atoms with Crippen molar-refractivity contribution in [3.8, 4) is 22.1 Å². The number of fused-ring (bicyclic) bond motifs is 4. The highest BCUT2D eigenvalue weighted by Gasteiger charge is 2.26. The molecule has 4 nitrogen and oxygen atoms in total. The molecule has 2 aromatic heterocycles. The Morgan fingerprint density at radius 3 is 2.92 bits per heavy atom. The Morgan fingerprint density at radius 2 is 2.00 bits per heavy atom. The van der Waals surface area contributed by atoms with E-state index in [0.29, 0.717) is 10.6 Å². The van der Waals surface area contributed by atoms with Gasteiger partial charge in [-0.15, -0.1) is 0 Å². The van der Waals surface area contributed by atoms with Gasteiger partial charge in [0.25, 0.3) is 0 Å². The summed E-state index contributed by atoms with van der Waals surface area (Å²) in [6.07, 6.45) is 1.69. The van der Waals surface area contributed by atoms with Crippen molar-refractivity contribution in [3.63, 3.8) is 0 Å². The predicted molar refractivity (Wildman–Crippen MR) is 91.2 cm³/mol. The van der Waals surface area contributed by atoms with Crippen molar-refractivity contribution in [2.45, 2.75) is 12.8 Å². The highest BCUT2D eigenvalue weighted by atomic mass is 32.1. The Morgan fingerprint density at radius 1 is 1.12 bits per heavy atom. The third kappa shape index (κ3) is 1.89. The molecule has 0 bridgehead atoms. The third-order valence-electron chi connectivity index (χ3n) is 4.37. The first-order valence-corrected chi connectivity index (χ1v) is 8.48. The molecule has 2 heterocycles. The number of aromatic nitrogens is 3. The maximum absolute atomic E-state index is 13.4. The van der Waals surface area contributed by atoms with Crippen molar-refractivity contribution >= 4 is 21.6 Å². The lowest BCUT2D eigenvalue weighted by Crippen LogP contribution is -2.02. The first-order chi connectivity index (χ1) is 11.7. The van der Waals surface area contributed by atoms with E-state index in [9.17, 15) is 9.50 Å². The van der Waals surface area contributed by atoms with Crippen molar-refractivity contribution < 1.29 is 9.50 Å². The van der Waals surface area contributed by atoms with Gasteiger partial charge in [-0.3, -0.25) is 0 Å². The van der Waals surface area contributed by atoms with Gasteiger partial charge in [0.05, 0.1) is 21.5 Å². The largest absolute Gasteiger partial charge is 0.493 e. The summed E-state index contributed by atoms with van der Waals surface area (Å²) in [5.74, 6) is -0.202. The molecule has 1 aliphatic rings. The van der Waals surface area contributed by atoms with E-state index in [-0.39, 0.29) is 11.7 Å². The lowest BCUT2D eigenvalue weighted by atomic mass is 9.90. The molecule has 1 N–H and O–H groups in total. The van der Waals surface area contributed by atoms with Gasteiger partial charge in [0.2, 0.25) is 11.0 Å². The summed E-state index contributed by atoms with van der Waals surface area (Å²) in [5.41, 5.74) is 4.59. The molecule has 0 unspecified atom stereocenters. The van der Waals surface area contributed by atoms with Crippen LogP contribution in [0.5, 0.6) is 5.88 Å². The van der Waals surface area contributed by atoms with Crippen LogP contribution in [0.3, 0.4) is 0 Å². The van der Waals surface area contributed by atoms with Crippen LogP contribution in [0.2, 0.25) is 0 Å². The molecule has 5 rings (SSSR count). The number of nitrogens with zero attached hydrogens (tertiary/aromatic N) is 3. The topological polar surface area (TPSA) is 50.9 Å². The molecule has 1 aliphatic carbocycles. The number of benzene rings is 2. The van der Waals surface area contributed by atoms with Crippen LogP contribution >= 0.6 is 11.3 Å². The van der Waals surface area contributed by atoms with Gasteiger partial charge in [0.1, 0.15) is 5.82 Å². The van der Waals surface area contributed by atoms with Crippen LogP contribution in [0, 0.1) is 5.82 Å². The van der Waals surface area contributed by atoms with Crippen LogP contribution in [0.15, 0.2) is 42.5 Å². The SMILES string of the molecule is Oc1c2c(nn1-c1nc3ccc(F)cc3s1)CCc1ccccc1-2. The molecule has 0 fully saturated rings. The fourth-order valence-electron chi connectivity index (χ4n) is 3.25. The minimum Gasteiger partial charge on any atom is -0.493 e. The van der Waals surface area contributed by atoms with E-state index in [4.69, 9.17) is 0 Å². The van der Waals surface area contributed by atoms with E-state index < -0.39 is 0 Å². The van der Waals surface area contributed by atoms with Crippen molar-refractivity contribution in [1.29, 1.82) is 0 Å². The standard InChI is InChI=1S/C18H12FN3OS/c19-11-6-8-13-15(9-11)24-18(20-13)22-17(23)16-12-4-2-1-3-10(12)5-7-14(16)21-22/h1-4,6,8-9,23H,5,7H2. The number of rotatable bonds is 1. The fraction of sp³-hybridized carbons (Fsp3) is 0.111. The molecule has 0 amide bonds. The third-order valence-corrected chi connectivity index (χ3v) is 5.37. The van der Waals surface area contributed by atoms with E-state index in [1.54, 1.807) is 6.07 Å². The minimum absolute atomic E-state index is 0.0941. The summed E-state index contributed by atoms with van der Waals surface area (Å²) < 4.78 is 15.6. The summed E-state index contributed by atoms with van der Waals surface area (Å²) in [5, 5.41) is 15.8. The molecule has 0 spiro atoms. The van der Waals surface area contributed by atoms with Crippen LogP contribution in [0.1, 0.15) is 11.3 Å². The number of halogens is 1. The Balaban J connectivity index is 1.72. The monoisotopic (exact) mass is 337 g/mol. The van der Waals surface area contributed by atoms with E-state index in [2.05, 4.69) is 16.1 Å². The Hall–Kier alpha value is -2.73. The normalized spacial score (nSPS) is 13.0. The van der Waals surface area contributed by atoms with Crippen molar-refractivity contribution in [2.24, 2.45) is 0 Å². The second kappa shape index (κ2) is 4.88. The van der Waals surface area contributed by atoms with Crippen LogP contribution < -0.4 is 0 Å². The van der Waals surface area contributed by atoms with Gasteiger partial charge in [-0.1, -0.05) is 35.6 Å². The molecule has 0 saturated heterocycles. The Labute approximate surface area is 140 Å². The van der Waals surface area contributed by atoms with E-state index in [1.165, 1.54) is 33.7 Å². The molecular weight excluding hydrogens is 325 g/mol. The minimum atomic E-state index is -0.296. The predicted octanol–water partition coefficient (Wildman–Crippen LogP) is 4.09. The molecule has 0 radical (unpaired) electrons. The molecular formula is C18H12FN3OS. The zero-order valence-electron chi connectivity index (χ0n) is 12.5. The van der Waals surface area contributed by atoms with Gasteiger partial charge in [-0.05, 0) is 42.2 Å². The van der Waals surface area contributed by atoms with Crippen LogP contribution in [-0.4, -0.2) is 19.9 Å². The summed E-state index contributed by atoms with van der Waals surface area (Å²) >= 11 is 1.31. The lowest BCUT2D eigenvalue weighted by molar-refractivity contribution is 0.435. The van der Waals surface area contributed by atoms with Gasteiger partial charge in [0.15, 0.2) is 0 Å². The summed E-state index contributed by atoms with van der Waals surface area (Å²) in [4.78, 5) is 4.48. The number of aromatic hydroxyl groups is 1. The average molecular weight is 337 g/mol. The molecule has 2 aromatic carbocycles. The zero-order valence-corrected chi connectivity index (χ0v) is 13.3. The summed E-state index contributed by atoms with van der Waals surface area (Å²) in [7, 11) is 0. The molecule has 6 heteroatoms. The first-order valence-electron chi connectivity index (χ1n) is 7.66. The van der Waals surface area contributed by atoms with E-state index in [1.807, 2.05) is 18.2 Å². The maximum Gasteiger partial charge on any atom is 0.224 e. The average Bonchev–Trinajstić information content (AvgIpc) is 3.15. The van der Waals surface area contributed by atoms with Crippen molar-refractivity contribution in [3.05, 3.63) is 59.5 Å². The Kier molecular flexibility index (Phi) is 2.78. The quantitative estimate of drug-likeness (QED) is 0.569.